The first-order chi connectivity index (χ1) is 8.66. The first-order valence-corrected chi connectivity index (χ1v) is 8.39. The summed E-state index contributed by atoms with van der Waals surface area (Å²) in [6.07, 6.45) is 13.1. The lowest BCUT2D eigenvalue weighted by Crippen LogP contribution is -2.42. The molecule has 0 spiro atoms. The van der Waals surface area contributed by atoms with Gasteiger partial charge in [-0.3, -0.25) is 0 Å². The molecule has 0 amide bonds. The van der Waals surface area contributed by atoms with Gasteiger partial charge in [0.2, 0.25) is 0 Å². The highest BCUT2D eigenvalue weighted by molar-refractivity contribution is 4.92. The van der Waals surface area contributed by atoms with Gasteiger partial charge in [0, 0.05) is 12.6 Å². The fourth-order valence-electron chi connectivity index (χ4n) is 3.63. The molecule has 2 aliphatic rings. The third-order valence-corrected chi connectivity index (χ3v) is 5.61. The summed E-state index contributed by atoms with van der Waals surface area (Å²) < 4.78 is 0. The molecule has 0 aromatic rings. The van der Waals surface area contributed by atoms with Gasteiger partial charge in [-0.05, 0) is 55.8 Å². The van der Waals surface area contributed by atoms with Gasteiger partial charge in [-0.25, -0.2) is 0 Å². The minimum absolute atomic E-state index is 0.616. The molecule has 0 atom stereocenters. The summed E-state index contributed by atoms with van der Waals surface area (Å²) in [4.78, 5) is 0. The fraction of sp³-hybridized carbons (Fsp3) is 1.00. The Morgan fingerprint density at radius 2 is 1.78 bits per heavy atom. The Bertz CT molecular complexity index is 234. The predicted octanol–water partition coefficient (Wildman–Crippen LogP) is 4.76. The minimum Gasteiger partial charge on any atom is -0.313 e. The van der Waals surface area contributed by atoms with Crippen LogP contribution in [0.15, 0.2) is 0 Å². The van der Waals surface area contributed by atoms with Crippen LogP contribution < -0.4 is 5.32 Å². The molecule has 2 aliphatic carbocycles. The lowest BCUT2D eigenvalue weighted by atomic mass is 9.64. The minimum atomic E-state index is 0.616. The Morgan fingerprint density at radius 1 is 1.11 bits per heavy atom. The number of nitrogens with one attached hydrogen (secondary N) is 1. The zero-order chi connectivity index (χ0) is 13.0. The SMILES string of the molecule is CCCCC1CCC(CNC2CC2)(C(C)C)CC1. The molecule has 0 aromatic carbocycles. The van der Waals surface area contributed by atoms with Crippen molar-refractivity contribution >= 4 is 0 Å². The molecule has 1 N–H and O–H groups in total. The van der Waals surface area contributed by atoms with Crippen molar-refractivity contribution in [3.05, 3.63) is 0 Å². The summed E-state index contributed by atoms with van der Waals surface area (Å²) in [6, 6.07) is 0.874. The second-order valence-corrected chi connectivity index (χ2v) is 7.26. The maximum atomic E-state index is 3.81. The van der Waals surface area contributed by atoms with Crippen molar-refractivity contribution in [1.82, 2.24) is 5.32 Å². The first kappa shape index (κ1) is 14.4. The van der Waals surface area contributed by atoms with Crippen LogP contribution in [0.3, 0.4) is 0 Å². The lowest BCUT2D eigenvalue weighted by Gasteiger charge is -2.44. The Balaban J connectivity index is 1.80. The van der Waals surface area contributed by atoms with E-state index < -0.39 is 0 Å². The monoisotopic (exact) mass is 251 g/mol. The van der Waals surface area contributed by atoms with E-state index in [0.717, 1.165) is 17.9 Å². The van der Waals surface area contributed by atoms with Crippen LogP contribution in [0.5, 0.6) is 0 Å². The normalized spacial score (nSPS) is 33.0. The highest BCUT2D eigenvalue weighted by Crippen LogP contribution is 2.45. The van der Waals surface area contributed by atoms with Crippen molar-refractivity contribution in [2.75, 3.05) is 6.54 Å². The maximum absolute atomic E-state index is 3.81. The second kappa shape index (κ2) is 6.41. The van der Waals surface area contributed by atoms with Crippen LogP contribution in [0.1, 0.15) is 78.6 Å². The van der Waals surface area contributed by atoms with Gasteiger partial charge in [-0.1, -0.05) is 40.0 Å². The lowest BCUT2D eigenvalue weighted by molar-refractivity contribution is 0.0854. The van der Waals surface area contributed by atoms with E-state index in [1.165, 1.54) is 64.3 Å². The van der Waals surface area contributed by atoms with E-state index in [2.05, 4.69) is 26.1 Å². The Hall–Kier alpha value is -0.0400. The number of rotatable bonds is 7. The van der Waals surface area contributed by atoms with Crippen LogP contribution >= 0.6 is 0 Å². The number of hydrogen-bond donors (Lipinski definition) is 1. The number of hydrogen-bond acceptors (Lipinski definition) is 1. The molecule has 0 aliphatic heterocycles. The smallest absolute Gasteiger partial charge is 0.00684 e. The van der Waals surface area contributed by atoms with Crippen LogP contribution in [0.25, 0.3) is 0 Å². The molecule has 0 heterocycles. The van der Waals surface area contributed by atoms with Crippen molar-refractivity contribution in [2.45, 2.75) is 84.6 Å². The molecule has 106 valence electrons. The van der Waals surface area contributed by atoms with Crippen molar-refractivity contribution < 1.29 is 0 Å². The molecule has 2 fully saturated rings. The molecular formula is C17H33N. The quantitative estimate of drug-likeness (QED) is 0.688. The molecule has 2 saturated carbocycles. The molecule has 1 heteroatoms. The largest absolute Gasteiger partial charge is 0.313 e. The molecule has 18 heavy (non-hydrogen) atoms. The maximum Gasteiger partial charge on any atom is 0.00684 e. The third-order valence-electron chi connectivity index (χ3n) is 5.61. The zero-order valence-corrected chi connectivity index (χ0v) is 12.8. The summed E-state index contributed by atoms with van der Waals surface area (Å²) in [7, 11) is 0. The van der Waals surface area contributed by atoms with Gasteiger partial charge in [0.1, 0.15) is 0 Å². The van der Waals surface area contributed by atoms with Crippen LogP contribution in [-0.2, 0) is 0 Å². The standard InChI is InChI=1S/C17H33N/c1-4-5-6-15-9-11-17(12-10-15,14(2)3)13-18-16-7-8-16/h14-16,18H,4-13H2,1-3H3. The van der Waals surface area contributed by atoms with E-state index in [0.29, 0.717) is 5.41 Å². The molecule has 0 unspecified atom stereocenters. The fourth-order valence-corrected chi connectivity index (χ4v) is 3.63. The van der Waals surface area contributed by atoms with Gasteiger partial charge < -0.3 is 5.32 Å². The summed E-state index contributed by atoms with van der Waals surface area (Å²) >= 11 is 0. The highest BCUT2D eigenvalue weighted by atomic mass is 15.0. The van der Waals surface area contributed by atoms with E-state index in [4.69, 9.17) is 0 Å². The van der Waals surface area contributed by atoms with Gasteiger partial charge in [-0.2, -0.15) is 0 Å². The van der Waals surface area contributed by atoms with Crippen molar-refractivity contribution in [3.63, 3.8) is 0 Å². The van der Waals surface area contributed by atoms with Gasteiger partial charge in [0.05, 0.1) is 0 Å². The molecule has 2 rings (SSSR count). The van der Waals surface area contributed by atoms with Gasteiger partial charge >= 0.3 is 0 Å². The van der Waals surface area contributed by atoms with E-state index in [1.54, 1.807) is 0 Å². The zero-order valence-electron chi connectivity index (χ0n) is 12.8. The third kappa shape index (κ3) is 3.73. The van der Waals surface area contributed by atoms with Gasteiger partial charge in [0.15, 0.2) is 0 Å². The summed E-state index contributed by atoms with van der Waals surface area (Å²) in [6.45, 7) is 8.50. The van der Waals surface area contributed by atoms with Gasteiger partial charge in [-0.15, -0.1) is 0 Å². The van der Waals surface area contributed by atoms with E-state index >= 15 is 0 Å². The van der Waals surface area contributed by atoms with Gasteiger partial charge in [0.25, 0.3) is 0 Å². The topological polar surface area (TPSA) is 12.0 Å². The van der Waals surface area contributed by atoms with E-state index in [1.807, 2.05) is 0 Å². The van der Waals surface area contributed by atoms with Crippen molar-refractivity contribution in [2.24, 2.45) is 17.3 Å². The first-order valence-electron chi connectivity index (χ1n) is 8.39. The van der Waals surface area contributed by atoms with Crippen molar-refractivity contribution in [1.29, 1.82) is 0 Å². The second-order valence-electron chi connectivity index (χ2n) is 7.26. The average Bonchev–Trinajstić information content (AvgIpc) is 3.19. The van der Waals surface area contributed by atoms with Crippen molar-refractivity contribution in [3.8, 4) is 0 Å². The Kier molecular flexibility index (Phi) is 5.12. The van der Waals surface area contributed by atoms with Crippen LogP contribution in [0, 0.1) is 17.3 Å². The molecule has 0 aromatic heterocycles. The Morgan fingerprint density at radius 3 is 2.28 bits per heavy atom. The Labute approximate surface area is 114 Å². The molecule has 0 saturated heterocycles. The van der Waals surface area contributed by atoms with E-state index in [-0.39, 0.29) is 0 Å². The predicted molar refractivity (Wildman–Crippen MR) is 79.8 cm³/mol. The average molecular weight is 251 g/mol. The summed E-state index contributed by atoms with van der Waals surface area (Å²) in [5, 5.41) is 3.81. The van der Waals surface area contributed by atoms with Crippen LogP contribution in [0.4, 0.5) is 0 Å². The molecule has 0 radical (unpaired) electrons. The van der Waals surface area contributed by atoms with E-state index in [9.17, 15) is 0 Å². The highest BCUT2D eigenvalue weighted by Gasteiger charge is 2.38. The van der Waals surface area contributed by atoms with Crippen LogP contribution in [-0.4, -0.2) is 12.6 Å². The summed E-state index contributed by atoms with van der Waals surface area (Å²) in [5.74, 6) is 1.88. The molecule has 0 bridgehead atoms. The molecule has 1 nitrogen and oxygen atoms in total. The summed E-state index contributed by atoms with van der Waals surface area (Å²) in [5.41, 5.74) is 0.616. The van der Waals surface area contributed by atoms with Crippen LogP contribution in [0.2, 0.25) is 0 Å². The number of unbranched alkanes of at least 4 members (excludes halogenated alkanes) is 1. The molecular weight excluding hydrogens is 218 g/mol.